The van der Waals surface area contributed by atoms with Crippen LogP contribution in [0.5, 0.6) is 0 Å². The fraction of sp³-hybridized carbons (Fsp3) is 0.355. The first kappa shape index (κ1) is 29.9. The van der Waals surface area contributed by atoms with E-state index in [1.54, 1.807) is 37.3 Å². The van der Waals surface area contributed by atoms with Gasteiger partial charge in [-0.25, -0.2) is 8.42 Å². The molecule has 2 amide bonds. The number of nitrogens with one attached hydrogen (secondary N) is 1. The molecule has 0 aliphatic carbocycles. The molecule has 208 valence electrons. The smallest absolute Gasteiger partial charge is 0.264 e. The molecular weight excluding hydrogens is 510 g/mol. The molecule has 0 heterocycles. The Bertz CT molecular complexity index is 1360. The SMILES string of the molecule is CCc1ccc(N(CC(=O)N(Cc2ccccc2C)[C@@H](C)C(=O)N[C@H](C)CC)S(=O)(=O)c2ccccc2)cc1. The van der Waals surface area contributed by atoms with E-state index in [0.29, 0.717) is 5.69 Å². The lowest BCUT2D eigenvalue weighted by Crippen LogP contribution is -2.52. The van der Waals surface area contributed by atoms with Crippen molar-refractivity contribution >= 4 is 27.5 Å². The number of benzene rings is 3. The largest absolute Gasteiger partial charge is 0.352 e. The Morgan fingerprint density at radius 2 is 1.49 bits per heavy atom. The maximum absolute atomic E-state index is 14.0. The topological polar surface area (TPSA) is 86.8 Å². The summed E-state index contributed by atoms with van der Waals surface area (Å²) in [5.74, 6) is -0.750. The van der Waals surface area contributed by atoms with Crippen molar-refractivity contribution in [3.8, 4) is 0 Å². The average Bonchev–Trinajstić information content (AvgIpc) is 2.95. The predicted octanol–water partition coefficient (Wildman–Crippen LogP) is 5.08. The third-order valence-electron chi connectivity index (χ3n) is 7.01. The van der Waals surface area contributed by atoms with E-state index in [0.717, 1.165) is 33.8 Å². The summed E-state index contributed by atoms with van der Waals surface area (Å²) < 4.78 is 28.8. The highest BCUT2D eigenvalue weighted by Crippen LogP contribution is 2.25. The van der Waals surface area contributed by atoms with E-state index in [9.17, 15) is 18.0 Å². The van der Waals surface area contributed by atoms with Gasteiger partial charge in [0.25, 0.3) is 10.0 Å². The number of carbonyl (C=O) groups is 2. The summed E-state index contributed by atoms with van der Waals surface area (Å²) in [6, 6.07) is 22.0. The van der Waals surface area contributed by atoms with Crippen molar-refractivity contribution in [1.82, 2.24) is 10.2 Å². The molecule has 0 aliphatic rings. The first-order chi connectivity index (χ1) is 18.6. The fourth-order valence-electron chi connectivity index (χ4n) is 4.17. The van der Waals surface area contributed by atoms with Crippen LogP contribution < -0.4 is 9.62 Å². The lowest BCUT2D eigenvalue weighted by atomic mass is 10.1. The Morgan fingerprint density at radius 1 is 0.872 bits per heavy atom. The maximum atomic E-state index is 14.0. The summed E-state index contributed by atoms with van der Waals surface area (Å²) >= 11 is 0. The molecule has 0 radical (unpaired) electrons. The molecule has 8 heteroatoms. The van der Waals surface area contributed by atoms with Gasteiger partial charge >= 0.3 is 0 Å². The average molecular weight is 550 g/mol. The highest BCUT2D eigenvalue weighted by Gasteiger charge is 2.32. The first-order valence-corrected chi connectivity index (χ1v) is 14.8. The van der Waals surface area contributed by atoms with Gasteiger partial charge in [-0.15, -0.1) is 0 Å². The Morgan fingerprint density at radius 3 is 2.08 bits per heavy atom. The number of nitrogens with zero attached hydrogens (tertiary/aromatic N) is 2. The van der Waals surface area contributed by atoms with E-state index < -0.39 is 28.5 Å². The zero-order valence-electron chi connectivity index (χ0n) is 23.4. The molecule has 0 saturated carbocycles. The van der Waals surface area contributed by atoms with E-state index in [-0.39, 0.29) is 23.4 Å². The van der Waals surface area contributed by atoms with Crippen LogP contribution in [0.2, 0.25) is 0 Å². The molecule has 0 bridgehead atoms. The Labute approximate surface area is 232 Å². The van der Waals surface area contributed by atoms with Crippen LogP contribution in [0.4, 0.5) is 5.69 Å². The van der Waals surface area contributed by atoms with Gasteiger partial charge in [0.1, 0.15) is 12.6 Å². The predicted molar refractivity (Wildman–Crippen MR) is 156 cm³/mol. The van der Waals surface area contributed by atoms with E-state index in [1.165, 1.54) is 17.0 Å². The molecule has 3 aromatic rings. The van der Waals surface area contributed by atoms with Gasteiger partial charge in [0.2, 0.25) is 11.8 Å². The lowest BCUT2D eigenvalue weighted by molar-refractivity contribution is -0.139. The highest BCUT2D eigenvalue weighted by molar-refractivity contribution is 7.92. The summed E-state index contributed by atoms with van der Waals surface area (Å²) in [6.07, 6.45) is 1.55. The van der Waals surface area contributed by atoms with Gasteiger partial charge in [-0.05, 0) is 74.6 Å². The van der Waals surface area contributed by atoms with Crippen LogP contribution in [0.15, 0.2) is 83.8 Å². The number of amides is 2. The van der Waals surface area contributed by atoms with Gasteiger partial charge in [-0.2, -0.15) is 0 Å². The van der Waals surface area contributed by atoms with E-state index >= 15 is 0 Å². The minimum atomic E-state index is -4.07. The summed E-state index contributed by atoms with van der Waals surface area (Å²) in [5, 5.41) is 2.95. The van der Waals surface area contributed by atoms with Gasteiger partial charge in [0, 0.05) is 12.6 Å². The molecule has 0 fully saturated rings. The monoisotopic (exact) mass is 549 g/mol. The second-order valence-corrected chi connectivity index (χ2v) is 11.6. The van der Waals surface area contributed by atoms with Gasteiger partial charge < -0.3 is 10.2 Å². The standard InChI is InChI=1S/C31H39N3O4S/c1-6-24(4)32-31(36)25(5)33(21-27-14-12-11-13-23(27)3)30(35)22-34(28-19-17-26(7-2)18-20-28)39(37,38)29-15-9-8-10-16-29/h8-20,24-25H,6-7,21-22H2,1-5H3,(H,32,36)/t24-,25+/m1/s1. The summed E-state index contributed by atoms with van der Waals surface area (Å²) in [4.78, 5) is 28.7. The molecule has 39 heavy (non-hydrogen) atoms. The van der Waals surface area contributed by atoms with Crippen molar-refractivity contribution in [2.45, 2.75) is 71.0 Å². The number of sulfonamides is 1. The molecule has 0 unspecified atom stereocenters. The highest BCUT2D eigenvalue weighted by atomic mass is 32.2. The Hall–Kier alpha value is -3.65. The van der Waals surface area contributed by atoms with Gasteiger partial charge in [-0.1, -0.05) is 68.4 Å². The van der Waals surface area contributed by atoms with Crippen LogP contribution in [0.25, 0.3) is 0 Å². The molecule has 0 aliphatic heterocycles. The zero-order chi connectivity index (χ0) is 28.6. The molecule has 3 rings (SSSR count). The van der Waals surface area contributed by atoms with E-state index in [1.807, 2.05) is 64.1 Å². The maximum Gasteiger partial charge on any atom is 0.264 e. The molecule has 7 nitrogen and oxygen atoms in total. The Balaban J connectivity index is 2.02. The van der Waals surface area contributed by atoms with Gasteiger partial charge in [-0.3, -0.25) is 13.9 Å². The van der Waals surface area contributed by atoms with Gasteiger partial charge in [0.05, 0.1) is 10.6 Å². The van der Waals surface area contributed by atoms with Crippen LogP contribution >= 0.6 is 0 Å². The minimum absolute atomic E-state index is 0.0533. The Kier molecular flexibility index (Phi) is 10.3. The third-order valence-corrected chi connectivity index (χ3v) is 8.80. The minimum Gasteiger partial charge on any atom is -0.352 e. The molecule has 0 aromatic heterocycles. The summed E-state index contributed by atoms with van der Waals surface area (Å²) in [6.45, 7) is 9.26. The second kappa shape index (κ2) is 13.4. The van der Waals surface area contributed by atoms with E-state index in [4.69, 9.17) is 0 Å². The van der Waals surface area contributed by atoms with Gasteiger partial charge in [0.15, 0.2) is 0 Å². The molecule has 1 N–H and O–H groups in total. The summed E-state index contributed by atoms with van der Waals surface area (Å²) in [5.41, 5.74) is 3.31. The van der Waals surface area contributed by atoms with Crippen LogP contribution in [-0.4, -0.2) is 43.8 Å². The summed E-state index contributed by atoms with van der Waals surface area (Å²) in [7, 11) is -4.07. The third kappa shape index (κ3) is 7.47. The normalized spacial score (nSPS) is 12.8. The van der Waals surface area contributed by atoms with Crippen LogP contribution in [-0.2, 0) is 32.6 Å². The molecule has 2 atom stereocenters. The first-order valence-electron chi connectivity index (χ1n) is 13.4. The number of aryl methyl sites for hydroxylation is 2. The van der Waals surface area contributed by atoms with E-state index in [2.05, 4.69) is 5.32 Å². The van der Waals surface area contributed by atoms with Crippen molar-refractivity contribution in [2.24, 2.45) is 0 Å². The number of hydrogen-bond donors (Lipinski definition) is 1. The van der Waals surface area contributed by atoms with Crippen molar-refractivity contribution in [1.29, 1.82) is 0 Å². The van der Waals surface area contributed by atoms with Crippen molar-refractivity contribution in [3.63, 3.8) is 0 Å². The molecule has 0 spiro atoms. The van der Waals surface area contributed by atoms with Crippen molar-refractivity contribution < 1.29 is 18.0 Å². The van der Waals surface area contributed by atoms with Crippen molar-refractivity contribution in [2.75, 3.05) is 10.8 Å². The fourth-order valence-corrected chi connectivity index (χ4v) is 5.60. The number of anilines is 1. The van der Waals surface area contributed by atoms with Crippen molar-refractivity contribution in [3.05, 3.63) is 95.6 Å². The van der Waals surface area contributed by atoms with Crippen LogP contribution in [0.3, 0.4) is 0 Å². The number of hydrogen-bond acceptors (Lipinski definition) is 4. The quantitative estimate of drug-likeness (QED) is 0.341. The lowest BCUT2D eigenvalue weighted by Gasteiger charge is -2.32. The zero-order valence-corrected chi connectivity index (χ0v) is 24.2. The molecule has 0 saturated heterocycles. The second-order valence-electron chi connectivity index (χ2n) is 9.79. The van der Waals surface area contributed by atoms with Crippen LogP contribution in [0.1, 0.15) is 50.8 Å². The number of carbonyl (C=O) groups excluding carboxylic acids is 2. The van der Waals surface area contributed by atoms with Crippen LogP contribution in [0, 0.1) is 6.92 Å². The molecular formula is C31H39N3O4S. The molecule has 3 aromatic carbocycles. The number of rotatable bonds is 12.